The molecule has 2 rings (SSSR count). The number of pyridine rings is 1. The average molecular weight is 312 g/mol. The highest BCUT2D eigenvalue weighted by Gasteiger charge is 2.15. The lowest BCUT2D eigenvalue weighted by molar-refractivity contribution is -0.384. The maximum absolute atomic E-state index is 10.8. The first-order valence-electron chi connectivity index (χ1n) is 5.04. The summed E-state index contributed by atoms with van der Waals surface area (Å²) < 4.78 is 2.36. The zero-order valence-electron chi connectivity index (χ0n) is 9.72. The second-order valence-corrected chi connectivity index (χ2v) is 4.56. The molecule has 0 unspecified atom stereocenters. The highest BCUT2D eigenvalue weighted by Crippen LogP contribution is 2.24. The summed E-state index contributed by atoms with van der Waals surface area (Å²) in [5.74, 6) is 0.413. The van der Waals surface area contributed by atoms with Gasteiger partial charge in [-0.15, -0.1) is 0 Å². The van der Waals surface area contributed by atoms with Crippen molar-refractivity contribution in [2.45, 2.75) is 13.8 Å². The van der Waals surface area contributed by atoms with Crippen molar-refractivity contribution in [3.63, 3.8) is 0 Å². The Kier molecular flexibility index (Phi) is 3.04. The lowest BCUT2D eigenvalue weighted by Crippen LogP contribution is -2.05. The molecular formula is C10H10BrN5O2. The van der Waals surface area contributed by atoms with E-state index in [1.807, 2.05) is 13.8 Å². The van der Waals surface area contributed by atoms with Gasteiger partial charge in [-0.05, 0) is 29.8 Å². The first kappa shape index (κ1) is 12.5. The Bertz CT molecular complexity index is 637. The van der Waals surface area contributed by atoms with Gasteiger partial charge >= 0.3 is 0 Å². The Hall–Kier alpha value is -1.96. The highest BCUT2D eigenvalue weighted by atomic mass is 79.9. The number of anilines is 1. The molecule has 0 aliphatic carbocycles. The highest BCUT2D eigenvalue weighted by molar-refractivity contribution is 9.10. The summed E-state index contributed by atoms with van der Waals surface area (Å²) in [7, 11) is 0. The summed E-state index contributed by atoms with van der Waals surface area (Å²) >= 11 is 3.39. The minimum Gasteiger partial charge on any atom is -0.383 e. The first-order chi connectivity index (χ1) is 8.40. The summed E-state index contributed by atoms with van der Waals surface area (Å²) in [5.41, 5.74) is 7.03. The van der Waals surface area contributed by atoms with E-state index in [2.05, 4.69) is 26.0 Å². The topological polar surface area (TPSA) is 99.9 Å². The summed E-state index contributed by atoms with van der Waals surface area (Å²) in [5, 5.41) is 15.0. The standard InChI is InChI=1S/C10H10BrN5O2/c1-5-10(11)6(2)15(14-5)9-4-7(16(17)18)3-8(12)13-9/h3-4H,1-2H3,(H2,12,13). The number of nitro groups is 1. The Labute approximate surface area is 111 Å². The predicted octanol–water partition coefficient (Wildman–Crippen LogP) is 2.14. The monoisotopic (exact) mass is 311 g/mol. The van der Waals surface area contributed by atoms with E-state index in [0.29, 0.717) is 5.82 Å². The SMILES string of the molecule is Cc1nn(-c2cc([N+](=O)[O-])cc(N)n2)c(C)c1Br. The van der Waals surface area contributed by atoms with Gasteiger partial charge in [-0.25, -0.2) is 9.67 Å². The van der Waals surface area contributed by atoms with Crippen molar-refractivity contribution in [1.29, 1.82) is 0 Å². The number of nitrogens with two attached hydrogens (primary N) is 1. The van der Waals surface area contributed by atoms with E-state index in [1.165, 1.54) is 16.8 Å². The fourth-order valence-corrected chi connectivity index (χ4v) is 1.83. The van der Waals surface area contributed by atoms with Gasteiger partial charge < -0.3 is 5.73 Å². The van der Waals surface area contributed by atoms with Crippen LogP contribution in [-0.4, -0.2) is 19.7 Å². The molecule has 2 aromatic heterocycles. The van der Waals surface area contributed by atoms with Gasteiger partial charge in [0, 0.05) is 0 Å². The molecule has 0 bridgehead atoms. The Morgan fingerprint density at radius 1 is 1.44 bits per heavy atom. The van der Waals surface area contributed by atoms with Gasteiger partial charge in [-0.2, -0.15) is 5.10 Å². The van der Waals surface area contributed by atoms with E-state index in [9.17, 15) is 10.1 Å². The summed E-state index contributed by atoms with van der Waals surface area (Å²) in [6.45, 7) is 3.66. The fraction of sp³-hybridized carbons (Fsp3) is 0.200. The van der Waals surface area contributed by atoms with Gasteiger partial charge in [0.15, 0.2) is 5.82 Å². The maximum Gasteiger partial charge on any atom is 0.276 e. The number of hydrogen-bond acceptors (Lipinski definition) is 5. The van der Waals surface area contributed by atoms with Crippen LogP contribution in [-0.2, 0) is 0 Å². The molecule has 7 nitrogen and oxygen atoms in total. The minimum atomic E-state index is -0.512. The quantitative estimate of drug-likeness (QED) is 0.676. The molecule has 2 heterocycles. The molecule has 8 heteroatoms. The molecule has 2 aromatic rings. The second-order valence-electron chi connectivity index (χ2n) is 3.76. The van der Waals surface area contributed by atoms with E-state index in [4.69, 9.17) is 5.73 Å². The third kappa shape index (κ3) is 2.06. The van der Waals surface area contributed by atoms with Crippen LogP contribution in [0.15, 0.2) is 16.6 Å². The van der Waals surface area contributed by atoms with Crippen LogP contribution in [0.5, 0.6) is 0 Å². The van der Waals surface area contributed by atoms with Crippen molar-refractivity contribution >= 4 is 27.4 Å². The molecule has 0 saturated heterocycles. The number of aryl methyl sites for hydroxylation is 1. The fourth-order valence-electron chi connectivity index (χ4n) is 1.58. The first-order valence-corrected chi connectivity index (χ1v) is 5.83. The molecule has 0 aliphatic rings. The van der Waals surface area contributed by atoms with Crippen LogP contribution in [0.2, 0.25) is 0 Å². The van der Waals surface area contributed by atoms with Gasteiger partial charge in [0.25, 0.3) is 5.69 Å². The zero-order chi connectivity index (χ0) is 13.4. The lowest BCUT2D eigenvalue weighted by atomic mass is 10.3. The lowest BCUT2D eigenvalue weighted by Gasteiger charge is -2.04. The molecule has 94 valence electrons. The van der Waals surface area contributed by atoms with E-state index >= 15 is 0 Å². The Morgan fingerprint density at radius 2 is 2.11 bits per heavy atom. The van der Waals surface area contributed by atoms with Crippen molar-refractivity contribution < 1.29 is 4.92 Å². The van der Waals surface area contributed by atoms with Crippen LogP contribution in [0.1, 0.15) is 11.4 Å². The van der Waals surface area contributed by atoms with Gasteiger partial charge in [-0.3, -0.25) is 10.1 Å². The summed E-state index contributed by atoms with van der Waals surface area (Å²) in [4.78, 5) is 14.3. The van der Waals surface area contributed by atoms with Crippen LogP contribution in [0, 0.1) is 24.0 Å². The number of rotatable bonds is 2. The number of hydrogen-bond donors (Lipinski definition) is 1. The molecule has 0 radical (unpaired) electrons. The van der Waals surface area contributed by atoms with Crippen molar-refractivity contribution in [3.8, 4) is 5.82 Å². The van der Waals surface area contributed by atoms with Gasteiger partial charge in [0.1, 0.15) is 5.82 Å². The number of nitrogen functional groups attached to an aromatic ring is 1. The van der Waals surface area contributed by atoms with Crippen molar-refractivity contribution in [3.05, 3.63) is 38.1 Å². The molecule has 0 spiro atoms. The molecule has 0 amide bonds. The number of aromatic nitrogens is 3. The molecule has 0 aromatic carbocycles. The minimum absolute atomic E-state index is 0.0860. The number of nitrogens with zero attached hydrogens (tertiary/aromatic N) is 4. The summed E-state index contributed by atoms with van der Waals surface area (Å²) in [6.07, 6.45) is 0. The molecule has 0 fully saturated rings. The Balaban J connectivity index is 2.63. The smallest absolute Gasteiger partial charge is 0.276 e. The second kappa shape index (κ2) is 4.37. The molecular weight excluding hydrogens is 302 g/mol. The van der Waals surface area contributed by atoms with E-state index in [0.717, 1.165) is 15.9 Å². The van der Waals surface area contributed by atoms with Crippen LogP contribution in [0.3, 0.4) is 0 Å². The van der Waals surface area contributed by atoms with E-state index in [1.54, 1.807) is 0 Å². The Morgan fingerprint density at radius 3 is 2.61 bits per heavy atom. The van der Waals surface area contributed by atoms with Crippen molar-refractivity contribution in [2.24, 2.45) is 0 Å². The maximum atomic E-state index is 10.8. The molecule has 0 atom stereocenters. The van der Waals surface area contributed by atoms with E-state index in [-0.39, 0.29) is 11.5 Å². The van der Waals surface area contributed by atoms with Gasteiger partial charge in [0.05, 0.1) is 32.9 Å². The number of halogens is 1. The molecule has 18 heavy (non-hydrogen) atoms. The van der Waals surface area contributed by atoms with Crippen LogP contribution in [0.4, 0.5) is 11.5 Å². The summed E-state index contributed by atoms with van der Waals surface area (Å²) in [6, 6.07) is 2.55. The van der Waals surface area contributed by atoms with E-state index < -0.39 is 4.92 Å². The van der Waals surface area contributed by atoms with Crippen molar-refractivity contribution in [2.75, 3.05) is 5.73 Å². The molecule has 0 saturated carbocycles. The largest absolute Gasteiger partial charge is 0.383 e. The molecule has 2 N–H and O–H groups in total. The van der Waals surface area contributed by atoms with Crippen molar-refractivity contribution in [1.82, 2.24) is 14.8 Å². The van der Waals surface area contributed by atoms with Gasteiger partial charge in [-0.1, -0.05) is 0 Å². The average Bonchev–Trinajstić information content (AvgIpc) is 2.56. The molecule has 0 aliphatic heterocycles. The van der Waals surface area contributed by atoms with Crippen LogP contribution >= 0.6 is 15.9 Å². The normalized spacial score (nSPS) is 10.6. The van der Waals surface area contributed by atoms with Crippen LogP contribution < -0.4 is 5.73 Å². The predicted molar refractivity (Wildman–Crippen MR) is 69.6 cm³/mol. The zero-order valence-corrected chi connectivity index (χ0v) is 11.3. The third-order valence-electron chi connectivity index (χ3n) is 2.45. The third-order valence-corrected chi connectivity index (χ3v) is 3.59. The van der Waals surface area contributed by atoms with Gasteiger partial charge in [0.2, 0.25) is 0 Å². The van der Waals surface area contributed by atoms with Crippen LogP contribution in [0.25, 0.3) is 5.82 Å².